The summed E-state index contributed by atoms with van der Waals surface area (Å²) in [5.41, 5.74) is -17.4. The number of hydrogen-bond acceptors (Lipinski definition) is 21. The molecule has 128 heavy (non-hydrogen) atoms. The van der Waals surface area contributed by atoms with Crippen molar-refractivity contribution < 1.29 is 135 Å². The van der Waals surface area contributed by atoms with Crippen molar-refractivity contribution in [2.45, 2.75) is 94.8 Å². The van der Waals surface area contributed by atoms with Crippen LogP contribution < -0.4 is 55.8 Å². The third kappa shape index (κ3) is 25.0. The number of aryl methyl sites for hydroxylation is 3. The van der Waals surface area contributed by atoms with Gasteiger partial charge < -0.3 is 43.8 Å². The summed E-state index contributed by atoms with van der Waals surface area (Å²) in [5, 5.41) is 46.4. The molecule has 0 spiro atoms. The number of anilines is 1. The van der Waals surface area contributed by atoms with Crippen molar-refractivity contribution in [1.29, 1.82) is 0 Å². The Labute approximate surface area is 716 Å². The van der Waals surface area contributed by atoms with Gasteiger partial charge >= 0.3 is 84.2 Å². The van der Waals surface area contributed by atoms with E-state index in [4.69, 9.17) is 15.2 Å². The number of alkyl halides is 15. The van der Waals surface area contributed by atoms with Crippen LogP contribution in [0, 0.1) is 0 Å². The van der Waals surface area contributed by atoms with Crippen molar-refractivity contribution in [3.63, 3.8) is 0 Å². The zero-order valence-corrected chi connectivity index (χ0v) is 68.4. The summed E-state index contributed by atoms with van der Waals surface area (Å²) in [5.74, 6) is -1.36. The first-order valence-electron chi connectivity index (χ1n) is 36.7. The number of phenolic OH excluding ortho intramolecular Hbond substituents is 1. The second-order valence-corrected chi connectivity index (χ2v) is 32.1. The van der Waals surface area contributed by atoms with Gasteiger partial charge in [-0.1, -0.05) is 141 Å². The lowest BCUT2D eigenvalue weighted by Gasteiger charge is -2.25. The van der Waals surface area contributed by atoms with E-state index < -0.39 is 114 Å². The number of aromatic hydroxyl groups is 1. The molecule has 0 fully saturated rings. The van der Waals surface area contributed by atoms with Gasteiger partial charge in [-0.25, -0.2) is 14.4 Å². The second kappa shape index (κ2) is 42.7. The number of ether oxygens (including phenoxy) is 2. The molecule has 0 unspecified atom stereocenters. The van der Waals surface area contributed by atoms with Crippen LogP contribution in [0.4, 0.5) is 71.5 Å². The van der Waals surface area contributed by atoms with Crippen molar-refractivity contribution in [2.24, 2.45) is 21.1 Å². The Kier molecular flexibility index (Phi) is 34.2. The third-order valence-corrected chi connectivity index (χ3v) is 22.8. The summed E-state index contributed by atoms with van der Waals surface area (Å²) in [4.78, 5) is 77.5. The molecular formula is C81H76BF15N7O21S3. The first-order valence-corrected chi connectivity index (χ1v) is 41.0. The fourth-order valence-electron chi connectivity index (χ4n) is 12.5. The fourth-order valence-corrected chi connectivity index (χ4v) is 15.7. The maximum atomic E-state index is 13.6. The molecule has 3 heterocycles. The van der Waals surface area contributed by atoms with Crippen LogP contribution in [0.15, 0.2) is 235 Å². The lowest BCUT2D eigenvalue weighted by Crippen LogP contribution is -2.49. The number of aliphatic hydroxyl groups excluding tert-OH is 3. The van der Waals surface area contributed by atoms with Gasteiger partial charge in [-0.15, -0.1) is 30.1 Å². The van der Waals surface area contributed by atoms with E-state index in [9.17, 15) is 130 Å². The zero-order chi connectivity index (χ0) is 94.1. The van der Waals surface area contributed by atoms with E-state index >= 15 is 0 Å². The quantitative estimate of drug-likeness (QED) is 0.0154. The predicted molar refractivity (Wildman–Crippen MR) is 440 cm³/mol. The number of aliphatic hydroxyl groups is 3. The Hall–Kier alpha value is -12.7. The zero-order valence-electron chi connectivity index (χ0n) is 66.0. The average Bonchev–Trinajstić information content (AvgIpc) is 0.721. The van der Waals surface area contributed by atoms with E-state index in [-0.39, 0.29) is 99.9 Å². The molecule has 47 heteroatoms. The number of fused-ring (bicyclic) bond motifs is 3. The van der Waals surface area contributed by atoms with Gasteiger partial charge in [0.15, 0.2) is 0 Å². The summed E-state index contributed by atoms with van der Waals surface area (Å²) < 4.78 is 277. The molecule has 0 aliphatic carbocycles. The highest BCUT2D eigenvalue weighted by atomic mass is 32.3. The van der Waals surface area contributed by atoms with Crippen molar-refractivity contribution in [2.75, 3.05) is 23.5 Å². The predicted octanol–water partition coefficient (Wildman–Crippen LogP) is 11.8. The van der Waals surface area contributed by atoms with Gasteiger partial charge in [0.05, 0.1) is 38.4 Å². The SMILES string of the molecule is C.Cn1c(=O)n(CCCO)c(=O)c2c(Cc3ccccc3)c(-c3cccc(OC(F)(F)F)c3)ccc21.Cn1c(=O)n(CCCO)c(=O)c2c(Cc3ccccc3)c(O)ccc21.Cn1c(=O)n(CCCO)c(=O)c2c(Cc3ccccc3)c(OS(=O)(=O)C(F)(F)F)ccc21.O=S(=O)(N(c1ccccc1)S(=O)(=O)C(F)(F)F)C(F)(F)F.O[B]Oc1cccc(OC(F)(F)F)c1. The molecule has 0 saturated heterocycles. The number of aromatic nitrogens is 6. The van der Waals surface area contributed by atoms with Crippen LogP contribution in [-0.4, -0.2) is 135 Å². The van der Waals surface area contributed by atoms with Gasteiger partial charge in [-0.3, -0.25) is 41.8 Å². The lowest BCUT2D eigenvalue weighted by atomic mass is 9.91. The second-order valence-electron chi connectivity index (χ2n) is 26.7. The number of nitrogens with zero attached hydrogens (tertiary/aromatic N) is 7. The maximum absolute atomic E-state index is 13.6. The van der Waals surface area contributed by atoms with E-state index in [0.717, 1.165) is 71.9 Å². The highest BCUT2D eigenvalue weighted by Gasteiger charge is 2.62. The van der Waals surface area contributed by atoms with Crippen LogP contribution in [0.1, 0.15) is 60.1 Å². The van der Waals surface area contributed by atoms with Crippen LogP contribution in [0.2, 0.25) is 0 Å². The molecule has 28 nitrogen and oxygen atoms in total. The Morgan fingerprint density at radius 3 is 1.12 bits per heavy atom. The van der Waals surface area contributed by atoms with E-state index in [1.807, 2.05) is 60.7 Å². The summed E-state index contributed by atoms with van der Waals surface area (Å²) in [6, 6.07) is 50.0. The van der Waals surface area contributed by atoms with Gasteiger partial charge in [-0.2, -0.15) is 64.8 Å². The molecule has 12 rings (SSSR count). The molecule has 0 saturated carbocycles. The summed E-state index contributed by atoms with van der Waals surface area (Å²) in [7, 11) is -14.7. The van der Waals surface area contributed by atoms with Crippen LogP contribution >= 0.6 is 0 Å². The highest BCUT2D eigenvalue weighted by molar-refractivity contribution is 8.11. The third-order valence-electron chi connectivity index (χ3n) is 18.2. The number of phenols is 1. The summed E-state index contributed by atoms with van der Waals surface area (Å²) in [6.07, 6.45) is -8.38. The molecule has 12 aromatic rings. The molecule has 0 atom stereocenters. The van der Waals surface area contributed by atoms with Crippen molar-refractivity contribution >= 4 is 76.2 Å². The van der Waals surface area contributed by atoms with E-state index in [1.54, 1.807) is 68.7 Å². The van der Waals surface area contributed by atoms with E-state index in [0.29, 0.717) is 88.7 Å². The monoisotopic (exact) mass is 1870 g/mol. The van der Waals surface area contributed by atoms with Crippen molar-refractivity contribution in [3.05, 3.63) is 302 Å². The Morgan fingerprint density at radius 1 is 0.398 bits per heavy atom. The summed E-state index contributed by atoms with van der Waals surface area (Å²) in [6.45, 7) is -0.534. The number of hydrogen-bond donors (Lipinski definition) is 5. The number of halogens is 15. The molecular weight excluding hydrogens is 1800 g/mol. The number of para-hydroxylation sites is 1. The van der Waals surface area contributed by atoms with Crippen LogP contribution in [0.3, 0.4) is 0 Å². The van der Waals surface area contributed by atoms with Crippen molar-refractivity contribution in [3.8, 4) is 39.9 Å². The highest BCUT2D eigenvalue weighted by Crippen LogP contribution is 2.41. The Balaban J connectivity index is 0.000000225. The van der Waals surface area contributed by atoms with Crippen LogP contribution in [0.25, 0.3) is 43.8 Å². The molecule has 0 aliphatic rings. The van der Waals surface area contributed by atoms with E-state index in [1.165, 1.54) is 52.6 Å². The average molecular weight is 1880 g/mol. The minimum absolute atomic E-state index is 0. The van der Waals surface area contributed by atoms with Gasteiger partial charge in [-0.05, 0) is 126 Å². The standard InChI is InChI=1S/C26H23F3N2O4.C20H19F3N2O6S.C19H20N2O4.C8H5F6NO4S2.C7H5BF3O3.CH4/c1-30-22-12-11-20(18-9-5-10-19(16-18)35-26(27,28)29)21(15-17-7-3-2-4-8-17)23(22)24(33)31(25(30)34)13-6-14-32;1-24-15-8-9-16(31-32(29,30)20(21,22)23)14(12-13-6-3-2-4-7-13)17(15)18(27)25(19(24)28)10-5-11-26;1-20-15-8-9-16(23)14(12-13-6-3-2-4-7-13)17(15)18(24)21(19(20)25)10-5-11-22;9-7(10,11)20(16,17)15(6-4-2-1-3-5-6)21(18,19)8(12,13)14;9-7(10,11)13-5-2-1-3-6(4-5)14-8-12;/h2-5,7-12,16,32H,6,13-15H2,1H3;2-4,6-9,26H,5,10-12H2,1H3;2-4,6-9,22-23H,5,10-12H2,1H3;1-5H;1-4,12H;1H4. The number of rotatable bonds is 25. The maximum Gasteiger partial charge on any atom is 0.573 e. The van der Waals surface area contributed by atoms with E-state index in [2.05, 4.69) is 18.3 Å². The lowest BCUT2D eigenvalue weighted by molar-refractivity contribution is -0.275. The molecule has 3 aromatic heterocycles. The Bertz CT molecular complexity index is 6600. The van der Waals surface area contributed by atoms with Gasteiger partial charge in [0.25, 0.3) is 16.7 Å². The van der Waals surface area contributed by atoms with Crippen LogP contribution in [0.5, 0.6) is 28.7 Å². The number of benzene rings is 9. The largest absolute Gasteiger partial charge is 0.573 e. The fraction of sp³-hybridized carbons (Fsp3) is 0.259. The number of sulfonamides is 2. The molecule has 687 valence electrons. The topological polar surface area (TPSA) is 376 Å². The first kappa shape index (κ1) is 102. The Morgan fingerprint density at radius 2 is 0.742 bits per heavy atom. The smallest absolute Gasteiger partial charge is 0.537 e. The molecule has 9 aromatic carbocycles. The first-order chi connectivity index (χ1) is 59.4. The molecule has 5 N–H and O–H groups in total. The van der Waals surface area contributed by atoms with Crippen molar-refractivity contribution in [1.82, 2.24) is 27.4 Å². The molecule has 0 bridgehead atoms. The molecule has 0 amide bonds. The van der Waals surface area contributed by atoms with Gasteiger partial charge in [0.2, 0.25) is 0 Å². The minimum Gasteiger partial charge on any atom is -0.537 e. The van der Waals surface area contributed by atoms with Crippen LogP contribution in [-0.2, 0) is 90.2 Å². The van der Waals surface area contributed by atoms with Gasteiger partial charge in [0, 0.05) is 90.6 Å². The minimum atomic E-state index is -6.81. The molecule has 0 aliphatic heterocycles. The molecule has 1 radical (unpaired) electrons. The summed E-state index contributed by atoms with van der Waals surface area (Å²) >= 11 is 0. The van der Waals surface area contributed by atoms with Gasteiger partial charge in [0.1, 0.15) is 28.7 Å². The normalized spacial score (nSPS) is 11.9.